The SMILES string of the molecule is COc1ccc(OC)c(S(=O)(=O)Nc2ccc3c(c2)N(C)CCO3)c1. The molecule has 1 N–H and O–H groups in total. The molecule has 0 radical (unpaired) electrons. The van der Waals surface area contributed by atoms with E-state index in [9.17, 15) is 8.42 Å². The lowest BCUT2D eigenvalue weighted by Crippen LogP contribution is -2.28. The highest BCUT2D eigenvalue weighted by Crippen LogP contribution is 2.35. The average Bonchev–Trinajstić information content (AvgIpc) is 2.61. The van der Waals surface area contributed by atoms with Gasteiger partial charge in [-0.15, -0.1) is 0 Å². The highest BCUT2D eigenvalue weighted by Gasteiger charge is 2.22. The van der Waals surface area contributed by atoms with Crippen molar-refractivity contribution in [1.82, 2.24) is 0 Å². The Morgan fingerprint density at radius 3 is 2.64 bits per heavy atom. The Morgan fingerprint density at radius 1 is 1.12 bits per heavy atom. The van der Waals surface area contributed by atoms with Gasteiger partial charge in [0.2, 0.25) is 0 Å². The fourth-order valence-corrected chi connectivity index (χ4v) is 3.85. The molecule has 8 heteroatoms. The Labute approximate surface area is 147 Å². The predicted octanol–water partition coefficient (Wildman–Crippen LogP) is 2.33. The predicted molar refractivity (Wildman–Crippen MR) is 95.6 cm³/mol. The lowest BCUT2D eigenvalue weighted by atomic mass is 10.2. The van der Waals surface area contributed by atoms with Crippen LogP contribution in [0.15, 0.2) is 41.3 Å². The van der Waals surface area contributed by atoms with Gasteiger partial charge < -0.3 is 19.1 Å². The van der Waals surface area contributed by atoms with Crippen molar-refractivity contribution < 1.29 is 22.6 Å². The molecular weight excluding hydrogens is 344 g/mol. The summed E-state index contributed by atoms with van der Waals surface area (Å²) in [5.74, 6) is 1.40. The molecule has 0 amide bonds. The molecule has 0 saturated heterocycles. The van der Waals surface area contributed by atoms with Gasteiger partial charge in [0, 0.05) is 13.1 Å². The molecule has 0 atom stereocenters. The zero-order valence-electron chi connectivity index (χ0n) is 14.3. The zero-order valence-corrected chi connectivity index (χ0v) is 15.1. The first-order valence-corrected chi connectivity index (χ1v) is 9.16. The van der Waals surface area contributed by atoms with E-state index in [2.05, 4.69) is 4.72 Å². The maximum absolute atomic E-state index is 12.8. The van der Waals surface area contributed by atoms with Crippen LogP contribution in [0.4, 0.5) is 11.4 Å². The average molecular weight is 364 g/mol. The Hall–Kier alpha value is -2.61. The van der Waals surface area contributed by atoms with Crippen molar-refractivity contribution in [2.24, 2.45) is 0 Å². The summed E-state index contributed by atoms with van der Waals surface area (Å²) in [4.78, 5) is 2.03. The van der Waals surface area contributed by atoms with Crippen molar-refractivity contribution in [2.45, 2.75) is 4.90 Å². The largest absolute Gasteiger partial charge is 0.497 e. The van der Waals surface area contributed by atoms with E-state index in [-0.39, 0.29) is 10.6 Å². The van der Waals surface area contributed by atoms with Crippen LogP contribution in [0.5, 0.6) is 17.2 Å². The third kappa shape index (κ3) is 3.43. The molecule has 0 aromatic heterocycles. The van der Waals surface area contributed by atoms with Gasteiger partial charge >= 0.3 is 0 Å². The Morgan fingerprint density at radius 2 is 1.92 bits per heavy atom. The molecular formula is C17H20N2O5S. The lowest BCUT2D eigenvalue weighted by Gasteiger charge is -2.28. The molecule has 7 nitrogen and oxygen atoms in total. The van der Waals surface area contributed by atoms with Crippen LogP contribution in [0.25, 0.3) is 0 Å². The molecule has 1 aliphatic heterocycles. The summed E-state index contributed by atoms with van der Waals surface area (Å²) in [5, 5.41) is 0. The highest BCUT2D eigenvalue weighted by atomic mass is 32.2. The summed E-state index contributed by atoms with van der Waals surface area (Å²) in [6.07, 6.45) is 0. The van der Waals surface area contributed by atoms with Crippen LogP contribution in [-0.4, -0.2) is 42.8 Å². The molecule has 0 aliphatic carbocycles. The van der Waals surface area contributed by atoms with Crippen LogP contribution in [0.2, 0.25) is 0 Å². The van der Waals surface area contributed by atoms with Gasteiger partial charge in [-0.05, 0) is 30.3 Å². The Bertz CT molecular complexity index is 883. The van der Waals surface area contributed by atoms with Gasteiger partial charge in [-0.2, -0.15) is 0 Å². The molecule has 2 aromatic carbocycles. The van der Waals surface area contributed by atoms with E-state index < -0.39 is 10.0 Å². The van der Waals surface area contributed by atoms with Gasteiger partial charge in [0.1, 0.15) is 28.8 Å². The lowest BCUT2D eigenvalue weighted by molar-refractivity contribution is 0.311. The summed E-state index contributed by atoms with van der Waals surface area (Å²) < 4.78 is 44.1. The number of fused-ring (bicyclic) bond motifs is 1. The summed E-state index contributed by atoms with van der Waals surface area (Å²) in [5.41, 5.74) is 1.28. The number of nitrogens with zero attached hydrogens (tertiary/aromatic N) is 1. The number of benzene rings is 2. The smallest absolute Gasteiger partial charge is 0.265 e. The fourth-order valence-electron chi connectivity index (χ4n) is 2.62. The van der Waals surface area contributed by atoms with Crippen LogP contribution >= 0.6 is 0 Å². The third-order valence-corrected chi connectivity index (χ3v) is 5.37. The van der Waals surface area contributed by atoms with Gasteiger partial charge in [-0.25, -0.2) is 8.42 Å². The molecule has 0 spiro atoms. The van der Waals surface area contributed by atoms with Gasteiger partial charge in [0.15, 0.2) is 0 Å². The van der Waals surface area contributed by atoms with E-state index in [1.165, 1.54) is 20.3 Å². The first-order valence-electron chi connectivity index (χ1n) is 7.67. The van der Waals surface area contributed by atoms with Crippen molar-refractivity contribution in [3.05, 3.63) is 36.4 Å². The van der Waals surface area contributed by atoms with Crippen LogP contribution in [-0.2, 0) is 10.0 Å². The highest BCUT2D eigenvalue weighted by molar-refractivity contribution is 7.92. The molecule has 1 aliphatic rings. The number of hydrogen-bond acceptors (Lipinski definition) is 6. The quantitative estimate of drug-likeness (QED) is 0.877. The van der Waals surface area contributed by atoms with Crippen molar-refractivity contribution in [3.8, 4) is 17.2 Å². The molecule has 134 valence electrons. The molecule has 3 rings (SSSR count). The maximum atomic E-state index is 12.8. The number of likely N-dealkylation sites (N-methyl/N-ethyl adjacent to an activating group) is 1. The van der Waals surface area contributed by atoms with E-state index in [0.29, 0.717) is 18.0 Å². The van der Waals surface area contributed by atoms with Crippen molar-refractivity contribution in [2.75, 3.05) is 44.0 Å². The first kappa shape index (κ1) is 17.2. The number of sulfonamides is 1. The van der Waals surface area contributed by atoms with Crippen LogP contribution < -0.4 is 23.8 Å². The molecule has 1 heterocycles. The van der Waals surface area contributed by atoms with E-state index in [0.717, 1.165) is 18.0 Å². The van der Waals surface area contributed by atoms with Crippen LogP contribution in [0.1, 0.15) is 0 Å². The first-order chi connectivity index (χ1) is 11.9. The van der Waals surface area contributed by atoms with Crippen LogP contribution in [0.3, 0.4) is 0 Å². The molecule has 0 unspecified atom stereocenters. The fraction of sp³-hybridized carbons (Fsp3) is 0.294. The van der Waals surface area contributed by atoms with E-state index in [4.69, 9.17) is 14.2 Å². The standard InChI is InChI=1S/C17H20N2O5S/c1-19-8-9-24-15-6-4-12(10-14(15)19)18-25(20,21)17-11-13(22-2)5-7-16(17)23-3/h4-7,10-11,18H,8-9H2,1-3H3. The van der Waals surface area contributed by atoms with E-state index in [1.807, 2.05) is 11.9 Å². The van der Waals surface area contributed by atoms with Gasteiger partial charge in [0.05, 0.1) is 32.1 Å². The third-order valence-electron chi connectivity index (χ3n) is 3.97. The van der Waals surface area contributed by atoms with Crippen molar-refractivity contribution in [3.63, 3.8) is 0 Å². The topological polar surface area (TPSA) is 77.1 Å². The van der Waals surface area contributed by atoms with Crippen molar-refractivity contribution in [1.29, 1.82) is 0 Å². The summed E-state index contributed by atoms with van der Waals surface area (Å²) in [7, 11) is 0.988. The number of rotatable bonds is 5. The van der Waals surface area contributed by atoms with E-state index in [1.54, 1.807) is 30.3 Å². The Balaban J connectivity index is 1.96. The normalized spacial score (nSPS) is 13.6. The molecule has 0 saturated carbocycles. The van der Waals surface area contributed by atoms with Gasteiger partial charge in [-0.1, -0.05) is 0 Å². The maximum Gasteiger partial charge on any atom is 0.265 e. The minimum atomic E-state index is -3.85. The summed E-state index contributed by atoms with van der Waals surface area (Å²) in [6.45, 7) is 1.35. The molecule has 2 aromatic rings. The number of anilines is 2. The number of hydrogen-bond donors (Lipinski definition) is 1. The minimum Gasteiger partial charge on any atom is -0.497 e. The van der Waals surface area contributed by atoms with Gasteiger partial charge in [-0.3, -0.25) is 4.72 Å². The van der Waals surface area contributed by atoms with Crippen molar-refractivity contribution >= 4 is 21.4 Å². The molecule has 0 fully saturated rings. The zero-order chi connectivity index (χ0) is 18.0. The molecule has 0 bridgehead atoms. The van der Waals surface area contributed by atoms with Crippen LogP contribution in [0, 0.1) is 0 Å². The van der Waals surface area contributed by atoms with E-state index >= 15 is 0 Å². The minimum absolute atomic E-state index is 0.0108. The Kier molecular flexibility index (Phi) is 4.63. The second-order valence-electron chi connectivity index (χ2n) is 5.57. The second-order valence-corrected chi connectivity index (χ2v) is 7.23. The van der Waals surface area contributed by atoms with Gasteiger partial charge in [0.25, 0.3) is 10.0 Å². The summed E-state index contributed by atoms with van der Waals surface area (Å²) >= 11 is 0. The monoisotopic (exact) mass is 364 g/mol. The second kappa shape index (κ2) is 6.72. The number of nitrogens with one attached hydrogen (secondary N) is 1. The summed E-state index contributed by atoms with van der Waals surface area (Å²) in [6, 6.07) is 9.80. The number of ether oxygens (including phenoxy) is 3. The molecule has 25 heavy (non-hydrogen) atoms. The number of methoxy groups -OCH3 is 2.